The van der Waals surface area contributed by atoms with Gasteiger partial charge < -0.3 is 0 Å². The topological polar surface area (TPSA) is 63.1 Å². The van der Waals surface area contributed by atoms with E-state index in [2.05, 4.69) is 11.9 Å². The van der Waals surface area contributed by atoms with E-state index in [1.165, 1.54) is 4.57 Å². The molecule has 0 atom stereocenters. The van der Waals surface area contributed by atoms with E-state index in [1.807, 2.05) is 17.4 Å². The SMILES string of the molecule is CCCc1nc(C)c2c(=O)n(CC#N)ccn12. The van der Waals surface area contributed by atoms with Crippen molar-refractivity contribution in [3.05, 3.63) is 34.3 Å². The van der Waals surface area contributed by atoms with Crippen LogP contribution in [0.3, 0.4) is 0 Å². The van der Waals surface area contributed by atoms with Gasteiger partial charge in [-0.1, -0.05) is 6.92 Å². The number of aryl methyl sites for hydroxylation is 2. The Morgan fingerprint density at radius 1 is 1.47 bits per heavy atom. The summed E-state index contributed by atoms with van der Waals surface area (Å²) < 4.78 is 3.23. The third kappa shape index (κ3) is 1.82. The van der Waals surface area contributed by atoms with Gasteiger partial charge in [-0.25, -0.2) is 4.98 Å². The molecule has 0 spiro atoms. The Morgan fingerprint density at radius 3 is 2.88 bits per heavy atom. The van der Waals surface area contributed by atoms with Crippen molar-refractivity contribution >= 4 is 5.52 Å². The van der Waals surface area contributed by atoms with Crippen LogP contribution in [0.25, 0.3) is 5.52 Å². The Bertz CT molecular complexity index is 645. The summed E-state index contributed by atoms with van der Waals surface area (Å²) in [5.41, 5.74) is 1.15. The summed E-state index contributed by atoms with van der Waals surface area (Å²) in [5.74, 6) is 0.904. The Kier molecular flexibility index (Phi) is 2.96. The minimum Gasteiger partial charge on any atom is -0.298 e. The zero-order chi connectivity index (χ0) is 12.4. The van der Waals surface area contributed by atoms with Crippen molar-refractivity contribution in [2.45, 2.75) is 33.2 Å². The smallest absolute Gasteiger partial charge is 0.277 e. The molecule has 0 aliphatic carbocycles. The molecule has 88 valence electrons. The lowest BCUT2D eigenvalue weighted by Crippen LogP contribution is -2.21. The third-order valence-electron chi connectivity index (χ3n) is 2.73. The van der Waals surface area contributed by atoms with Crippen molar-refractivity contribution in [2.75, 3.05) is 0 Å². The molecule has 0 N–H and O–H groups in total. The minimum absolute atomic E-state index is 0.0725. The van der Waals surface area contributed by atoms with E-state index in [4.69, 9.17) is 5.26 Å². The first-order valence-corrected chi connectivity index (χ1v) is 5.63. The first kappa shape index (κ1) is 11.4. The summed E-state index contributed by atoms with van der Waals surface area (Å²) in [4.78, 5) is 16.5. The standard InChI is InChI=1S/C12H14N4O/c1-3-4-10-14-9(2)11-12(17)15(6-5-13)7-8-16(10)11/h7-8H,3-4,6H2,1-2H3. The number of hydrogen-bond donors (Lipinski definition) is 0. The molecular formula is C12H14N4O. The fraction of sp³-hybridized carbons (Fsp3) is 0.417. The summed E-state index contributed by atoms with van der Waals surface area (Å²) in [6, 6.07) is 1.97. The molecule has 0 aromatic carbocycles. The predicted molar refractivity (Wildman–Crippen MR) is 63.8 cm³/mol. The van der Waals surface area contributed by atoms with E-state index in [0.717, 1.165) is 24.4 Å². The second-order valence-electron chi connectivity index (χ2n) is 3.97. The zero-order valence-electron chi connectivity index (χ0n) is 9.97. The molecular weight excluding hydrogens is 216 g/mol. The largest absolute Gasteiger partial charge is 0.298 e. The second-order valence-corrected chi connectivity index (χ2v) is 3.97. The molecule has 2 aromatic rings. The monoisotopic (exact) mass is 230 g/mol. The van der Waals surface area contributed by atoms with Gasteiger partial charge in [-0.15, -0.1) is 0 Å². The first-order chi connectivity index (χ1) is 8.19. The molecule has 0 unspecified atom stereocenters. The summed E-state index contributed by atoms with van der Waals surface area (Å²) in [6.07, 6.45) is 5.27. The van der Waals surface area contributed by atoms with Crippen molar-refractivity contribution in [1.29, 1.82) is 5.26 Å². The maximum atomic E-state index is 12.1. The van der Waals surface area contributed by atoms with Crippen molar-refractivity contribution < 1.29 is 0 Å². The number of rotatable bonds is 3. The summed E-state index contributed by atoms with van der Waals surface area (Å²) in [7, 11) is 0. The van der Waals surface area contributed by atoms with Gasteiger partial charge in [-0.2, -0.15) is 5.26 Å². The van der Waals surface area contributed by atoms with Crippen molar-refractivity contribution in [3.8, 4) is 6.07 Å². The number of aromatic nitrogens is 3. The van der Waals surface area contributed by atoms with Crippen LogP contribution < -0.4 is 5.56 Å². The van der Waals surface area contributed by atoms with Gasteiger partial charge in [0.15, 0.2) is 0 Å². The number of fused-ring (bicyclic) bond motifs is 1. The van der Waals surface area contributed by atoms with Crippen LogP contribution in [-0.2, 0) is 13.0 Å². The molecule has 0 saturated carbocycles. The van der Waals surface area contributed by atoms with Crippen LogP contribution in [0.15, 0.2) is 17.2 Å². The maximum Gasteiger partial charge on any atom is 0.277 e. The van der Waals surface area contributed by atoms with Crippen LogP contribution in [0.5, 0.6) is 0 Å². The fourth-order valence-corrected chi connectivity index (χ4v) is 1.97. The van der Waals surface area contributed by atoms with Gasteiger partial charge in [0.2, 0.25) is 0 Å². The lowest BCUT2D eigenvalue weighted by Gasteiger charge is -2.03. The van der Waals surface area contributed by atoms with E-state index in [1.54, 1.807) is 12.4 Å². The molecule has 0 radical (unpaired) electrons. The predicted octanol–water partition coefficient (Wildman–Crippen LogP) is 1.28. The highest BCUT2D eigenvalue weighted by molar-refractivity contribution is 5.50. The normalized spacial score (nSPS) is 10.6. The van der Waals surface area contributed by atoms with E-state index in [9.17, 15) is 4.79 Å². The average Bonchev–Trinajstić information content (AvgIpc) is 2.61. The molecule has 0 bridgehead atoms. The molecule has 0 amide bonds. The quantitative estimate of drug-likeness (QED) is 0.797. The lowest BCUT2D eigenvalue weighted by atomic mass is 10.3. The van der Waals surface area contributed by atoms with E-state index in [0.29, 0.717) is 5.52 Å². The average molecular weight is 230 g/mol. The van der Waals surface area contributed by atoms with E-state index < -0.39 is 0 Å². The fourth-order valence-electron chi connectivity index (χ4n) is 1.97. The maximum absolute atomic E-state index is 12.1. The van der Waals surface area contributed by atoms with Crippen molar-refractivity contribution in [2.24, 2.45) is 0 Å². The molecule has 0 aliphatic heterocycles. The van der Waals surface area contributed by atoms with Gasteiger partial charge in [-0.05, 0) is 13.3 Å². The van der Waals surface area contributed by atoms with Gasteiger partial charge in [0, 0.05) is 18.8 Å². The molecule has 5 heteroatoms. The van der Waals surface area contributed by atoms with Crippen LogP contribution in [0.1, 0.15) is 24.9 Å². The third-order valence-corrected chi connectivity index (χ3v) is 2.73. The Hall–Kier alpha value is -2.09. The Morgan fingerprint density at radius 2 is 2.24 bits per heavy atom. The van der Waals surface area contributed by atoms with Crippen LogP contribution in [0.4, 0.5) is 0 Å². The molecule has 2 rings (SSSR count). The molecule has 0 saturated heterocycles. The number of imidazole rings is 1. The first-order valence-electron chi connectivity index (χ1n) is 5.63. The zero-order valence-corrected chi connectivity index (χ0v) is 9.97. The second kappa shape index (κ2) is 4.42. The number of hydrogen-bond acceptors (Lipinski definition) is 3. The Balaban J connectivity index is 2.71. The molecule has 0 aliphatic rings. The van der Waals surface area contributed by atoms with E-state index >= 15 is 0 Å². The van der Waals surface area contributed by atoms with Gasteiger partial charge in [0.25, 0.3) is 5.56 Å². The molecule has 0 fully saturated rings. The molecule has 2 aromatic heterocycles. The number of nitrogens with zero attached hydrogens (tertiary/aromatic N) is 4. The Labute approximate surface area is 98.9 Å². The van der Waals surface area contributed by atoms with Crippen LogP contribution in [0, 0.1) is 18.3 Å². The van der Waals surface area contributed by atoms with Gasteiger partial charge in [-0.3, -0.25) is 13.8 Å². The van der Waals surface area contributed by atoms with Gasteiger partial charge in [0.05, 0.1) is 11.8 Å². The minimum atomic E-state index is -0.151. The van der Waals surface area contributed by atoms with Crippen LogP contribution in [-0.4, -0.2) is 14.0 Å². The van der Waals surface area contributed by atoms with Crippen molar-refractivity contribution in [3.63, 3.8) is 0 Å². The summed E-state index contributed by atoms with van der Waals surface area (Å²) in [5, 5.41) is 8.64. The van der Waals surface area contributed by atoms with Crippen LogP contribution >= 0.6 is 0 Å². The highest BCUT2D eigenvalue weighted by atomic mass is 16.1. The number of nitriles is 1. The van der Waals surface area contributed by atoms with Gasteiger partial charge in [0.1, 0.15) is 17.9 Å². The van der Waals surface area contributed by atoms with E-state index in [-0.39, 0.29) is 12.1 Å². The van der Waals surface area contributed by atoms with Gasteiger partial charge >= 0.3 is 0 Å². The molecule has 5 nitrogen and oxygen atoms in total. The van der Waals surface area contributed by atoms with Crippen molar-refractivity contribution in [1.82, 2.24) is 14.0 Å². The lowest BCUT2D eigenvalue weighted by molar-refractivity contribution is 0.766. The highest BCUT2D eigenvalue weighted by Gasteiger charge is 2.11. The molecule has 17 heavy (non-hydrogen) atoms. The summed E-state index contributed by atoms with van der Waals surface area (Å²) in [6.45, 7) is 3.98. The summed E-state index contributed by atoms with van der Waals surface area (Å²) >= 11 is 0. The van der Waals surface area contributed by atoms with Crippen LogP contribution in [0.2, 0.25) is 0 Å². The molecule has 2 heterocycles. The highest BCUT2D eigenvalue weighted by Crippen LogP contribution is 2.09.